The van der Waals surface area contributed by atoms with Crippen LogP contribution >= 0.6 is 11.6 Å². The lowest BCUT2D eigenvalue weighted by molar-refractivity contribution is -0.132. The number of hydrogen-bond donors (Lipinski definition) is 1. The Labute approximate surface area is 203 Å². The van der Waals surface area contributed by atoms with Crippen LogP contribution in [-0.4, -0.2) is 31.0 Å². The summed E-state index contributed by atoms with van der Waals surface area (Å²) in [4.78, 5) is 28.2. The Morgan fingerprint density at radius 1 is 0.971 bits per heavy atom. The third-order valence-electron chi connectivity index (χ3n) is 5.91. The molecule has 1 unspecified atom stereocenters. The molecule has 0 radical (unpaired) electrons. The molecule has 1 heterocycles. The van der Waals surface area contributed by atoms with Gasteiger partial charge in [0.2, 0.25) is 0 Å². The molecule has 0 spiro atoms. The van der Waals surface area contributed by atoms with Crippen LogP contribution in [-0.2, 0) is 9.59 Å². The van der Waals surface area contributed by atoms with Gasteiger partial charge in [-0.3, -0.25) is 14.5 Å². The van der Waals surface area contributed by atoms with Crippen LogP contribution in [0.1, 0.15) is 28.3 Å². The van der Waals surface area contributed by atoms with Crippen molar-refractivity contribution in [3.63, 3.8) is 0 Å². The fraction of sp³-hybridized carbons (Fsp3) is 0.185. The molecular formula is C27H24ClNO5. The monoisotopic (exact) mass is 477 g/mol. The molecule has 34 heavy (non-hydrogen) atoms. The summed E-state index contributed by atoms with van der Waals surface area (Å²) in [5.74, 6) is -1.13. The highest BCUT2D eigenvalue weighted by molar-refractivity contribution is 6.51. The number of benzene rings is 3. The summed E-state index contributed by atoms with van der Waals surface area (Å²) in [5, 5.41) is 11.8. The minimum absolute atomic E-state index is 0.0397. The van der Waals surface area contributed by atoms with Crippen molar-refractivity contribution < 1.29 is 24.2 Å². The summed E-state index contributed by atoms with van der Waals surface area (Å²) in [5.41, 5.74) is 3.02. The van der Waals surface area contributed by atoms with E-state index < -0.39 is 17.7 Å². The third kappa shape index (κ3) is 3.90. The van der Waals surface area contributed by atoms with E-state index in [2.05, 4.69) is 0 Å². The maximum absolute atomic E-state index is 13.4. The number of aliphatic hydroxyl groups excluding tert-OH is 1. The topological polar surface area (TPSA) is 76.1 Å². The van der Waals surface area contributed by atoms with Gasteiger partial charge >= 0.3 is 0 Å². The van der Waals surface area contributed by atoms with Crippen LogP contribution in [0.15, 0.2) is 66.2 Å². The van der Waals surface area contributed by atoms with E-state index in [1.54, 1.807) is 36.4 Å². The number of carbonyl (C=O) groups is 2. The van der Waals surface area contributed by atoms with Crippen molar-refractivity contribution in [3.8, 4) is 11.5 Å². The van der Waals surface area contributed by atoms with E-state index in [1.165, 1.54) is 19.1 Å². The van der Waals surface area contributed by atoms with Gasteiger partial charge in [-0.05, 0) is 54.8 Å². The van der Waals surface area contributed by atoms with Gasteiger partial charge in [-0.15, -0.1) is 0 Å². The number of aliphatic hydroxyl groups is 1. The van der Waals surface area contributed by atoms with E-state index >= 15 is 0 Å². The lowest BCUT2D eigenvalue weighted by Crippen LogP contribution is -2.29. The number of aryl methyl sites for hydroxylation is 2. The Balaban J connectivity index is 2.03. The molecule has 3 aromatic rings. The lowest BCUT2D eigenvalue weighted by Gasteiger charge is -2.27. The van der Waals surface area contributed by atoms with Crippen molar-refractivity contribution in [1.29, 1.82) is 0 Å². The lowest BCUT2D eigenvalue weighted by atomic mass is 9.92. The maximum Gasteiger partial charge on any atom is 0.300 e. The van der Waals surface area contributed by atoms with Crippen molar-refractivity contribution >= 4 is 34.7 Å². The average Bonchev–Trinajstić information content (AvgIpc) is 3.08. The number of carbonyl (C=O) groups excluding carboxylic acids is 2. The number of methoxy groups -OCH3 is 2. The fourth-order valence-corrected chi connectivity index (χ4v) is 4.66. The second kappa shape index (κ2) is 9.23. The quantitative estimate of drug-likeness (QED) is 0.294. The number of ether oxygens (including phenoxy) is 2. The van der Waals surface area contributed by atoms with Crippen LogP contribution in [0.25, 0.3) is 5.76 Å². The minimum Gasteiger partial charge on any atom is -0.507 e. The van der Waals surface area contributed by atoms with E-state index in [4.69, 9.17) is 21.1 Å². The Hall–Kier alpha value is -3.77. The molecule has 1 amide bonds. The molecule has 4 rings (SSSR count). The second-order valence-corrected chi connectivity index (χ2v) is 8.46. The number of ketones is 1. The Kier molecular flexibility index (Phi) is 6.35. The first-order valence-electron chi connectivity index (χ1n) is 10.6. The third-order valence-corrected chi connectivity index (χ3v) is 6.19. The van der Waals surface area contributed by atoms with Crippen molar-refractivity contribution in [1.82, 2.24) is 0 Å². The normalized spacial score (nSPS) is 17.2. The summed E-state index contributed by atoms with van der Waals surface area (Å²) >= 11 is 6.35. The molecule has 6 nitrogen and oxygen atoms in total. The van der Waals surface area contributed by atoms with E-state index in [9.17, 15) is 14.7 Å². The number of rotatable bonds is 5. The minimum atomic E-state index is -0.864. The van der Waals surface area contributed by atoms with Crippen molar-refractivity contribution in [3.05, 3.63) is 93.5 Å². The molecular weight excluding hydrogens is 454 g/mol. The van der Waals surface area contributed by atoms with Crippen LogP contribution in [0, 0.1) is 13.8 Å². The zero-order valence-electron chi connectivity index (χ0n) is 19.3. The molecule has 1 aliphatic rings. The molecule has 0 aliphatic carbocycles. The van der Waals surface area contributed by atoms with Gasteiger partial charge < -0.3 is 14.6 Å². The number of halogens is 1. The van der Waals surface area contributed by atoms with E-state index in [-0.39, 0.29) is 22.6 Å². The smallest absolute Gasteiger partial charge is 0.300 e. The Morgan fingerprint density at radius 2 is 1.71 bits per heavy atom. The number of Topliss-reactive ketones (excluding diaryl/α,β-unsaturated/α-hetero) is 1. The van der Waals surface area contributed by atoms with Crippen LogP contribution in [0.3, 0.4) is 0 Å². The fourth-order valence-electron chi connectivity index (χ4n) is 4.30. The molecule has 0 saturated carbocycles. The van der Waals surface area contributed by atoms with Gasteiger partial charge in [-0.1, -0.05) is 41.9 Å². The highest BCUT2D eigenvalue weighted by Gasteiger charge is 2.47. The van der Waals surface area contributed by atoms with Gasteiger partial charge in [0.25, 0.3) is 11.7 Å². The SMILES string of the molecule is COc1cccc(N2C(=O)C(=O)/C(=C(/O)c3cc(C)cc(Cl)c3OC)C2c2ccccc2C)c1. The zero-order chi connectivity index (χ0) is 24.6. The average molecular weight is 478 g/mol. The van der Waals surface area contributed by atoms with Crippen LogP contribution in [0.5, 0.6) is 11.5 Å². The largest absolute Gasteiger partial charge is 0.507 e. The van der Waals surface area contributed by atoms with Crippen molar-refractivity contribution in [2.75, 3.05) is 19.1 Å². The Morgan fingerprint density at radius 3 is 2.38 bits per heavy atom. The van der Waals surface area contributed by atoms with Gasteiger partial charge in [-0.2, -0.15) is 0 Å². The van der Waals surface area contributed by atoms with Crippen LogP contribution in [0.4, 0.5) is 5.69 Å². The standard InChI is InChI=1S/C27H24ClNO5/c1-15-12-20(26(34-4)21(28)13-15)24(30)22-23(19-11-6-5-8-16(19)2)29(27(32)25(22)31)17-9-7-10-18(14-17)33-3/h5-14,23,30H,1-4H3/b24-22+. The summed E-state index contributed by atoms with van der Waals surface area (Å²) in [7, 11) is 2.96. The molecule has 0 aromatic heterocycles. The van der Waals surface area contributed by atoms with Gasteiger partial charge in [-0.25, -0.2) is 0 Å². The molecule has 3 aromatic carbocycles. The van der Waals surface area contributed by atoms with E-state index in [0.29, 0.717) is 22.0 Å². The van der Waals surface area contributed by atoms with Gasteiger partial charge in [0.05, 0.1) is 36.4 Å². The second-order valence-electron chi connectivity index (χ2n) is 8.05. The summed E-state index contributed by atoms with van der Waals surface area (Å²) in [6.07, 6.45) is 0. The van der Waals surface area contributed by atoms with Gasteiger partial charge in [0.1, 0.15) is 17.3 Å². The predicted molar refractivity (Wildman–Crippen MR) is 132 cm³/mol. The number of hydrogen-bond acceptors (Lipinski definition) is 5. The molecule has 1 atom stereocenters. The van der Waals surface area contributed by atoms with E-state index in [1.807, 2.05) is 38.1 Å². The summed E-state index contributed by atoms with van der Waals surface area (Å²) in [6.45, 7) is 3.71. The number of nitrogens with zero attached hydrogens (tertiary/aromatic N) is 1. The Bertz CT molecular complexity index is 1330. The maximum atomic E-state index is 13.4. The highest BCUT2D eigenvalue weighted by Crippen LogP contribution is 2.45. The highest BCUT2D eigenvalue weighted by atomic mass is 35.5. The molecule has 0 bridgehead atoms. The molecule has 1 N–H and O–H groups in total. The van der Waals surface area contributed by atoms with Crippen LogP contribution in [0.2, 0.25) is 5.02 Å². The first kappa shape index (κ1) is 23.4. The first-order valence-corrected chi connectivity index (χ1v) is 11.0. The first-order chi connectivity index (χ1) is 16.3. The summed E-state index contributed by atoms with van der Waals surface area (Å²) < 4.78 is 10.8. The molecule has 7 heteroatoms. The number of anilines is 1. The molecule has 174 valence electrons. The van der Waals surface area contributed by atoms with Crippen molar-refractivity contribution in [2.45, 2.75) is 19.9 Å². The van der Waals surface area contributed by atoms with Crippen LogP contribution < -0.4 is 14.4 Å². The number of amides is 1. The summed E-state index contributed by atoms with van der Waals surface area (Å²) in [6, 6.07) is 16.9. The van der Waals surface area contributed by atoms with Crippen molar-refractivity contribution in [2.24, 2.45) is 0 Å². The molecule has 1 fully saturated rings. The van der Waals surface area contributed by atoms with Gasteiger partial charge in [0.15, 0.2) is 0 Å². The molecule has 1 aliphatic heterocycles. The zero-order valence-corrected chi connectivity index (χ0v) is 20.0. The molecule has 1 saturated heterocycles. The predicted octanol–water partition coefficient (Wildman–Crippen LogP) is 5.60. The van der Waals surface area contributed by atoms with Gasteiger partial charge in [0, 0.05) is 11.8 Å². The van der Waals surface area contributed by atoms with E-state index in [0.717, 1.165) is 11.1 Å².